The lowest BCUT2D eigenvalue weighted by Gasteiger charge is -2.26. The molecule has 1 fully saturated rings. The minimum Gasteiger partial charge on any atom is -0.481 e. The number of rotatable bonds is 10. The number of amides is 2. The summed E-state index contributed by atoms with van der Waals surface area (Å²) < 4.78 is 5.68. The molecule has 0 unspecified atom stereocenters. The Morgan fingerprint density at radius 3 is 2.37 bits per heavy atom. The van der Waals surface area contributed by atoms with Gasteiger partial charge in [-0.3, -0.25) is 9.59 Å². The summed E-state index contributed by atoms with van der Waals surface area (Å²) in [6.07, 6.45) is 3.60. The molecule has 186 valence electrons. The number of unbranched alkanes of at least 4 members (excludes halogenated alkanes) is 1. The van der Waals surface area contributed by atoms with Crippen molar-refractivity contribution >= 4 is 18.0 Å². The van der Waals surface area contributed by atoms with E-state index in [2.05, 4.69) is 36.5 Å². The minimum atomic E-state index is -0.894. The topological polar surface area (TPSA) is 95.9 Å². The predicted molar refractivity (Wildman–Crippen MR) is 133 cm³/mol. The lowest BCUT2D eigenvalue weighted by molar-refractivity contribution is -0.140. The molecule has 1 saturated heterocycles. The molecule has 0 bridgehead atoms. The van der Waals surface area contributed by atoms with Gasteiger partial charge in [-0.2, -0.15) is 0 Å². The predicted octanol–water partition coefficient (Wildman–Crippen LogP) is 4.94. The van der Waals surface area contributed by atoms with E-state index in [1.165, 1.54) is 11.1 Å². The molecule has 1 aliphatic heterocycles. The molecule has 1 heterocycles. The van der Waals surface area contributed by atoms with E-state index in [1.54, 1.807) is 4.90 Å². The Morgan fingerprint density at radius 2 is 1.74 bits per heavy atom. The van der Waals surface area contributed by atoms with Crippen LogP contribution in [0.25, 0.3) is 11.1 Å². The second-order valence-electron chi connectivity index (χ2n) is 9.49. The zero-order chi connectivity index (χ0) is 24.8. The largest absolute Gasteiger partial charge is 0.481 e. The van der Waals surface area contributed by atoms with E-state index in [0.717, 1.165) is 30.4 Å². The number of hydrogen-bond donors (Lipinski definition) is 2. The fraction of sp³-hybridized carbons (Fsp3) is 0.464. The van der Waals surface area contributed by atoms with Crippen molar-refractivity contribution in [2.24, 2.45) is 0 Å². The summed E-state index contributed by atoms with van der Waals surface area (Å²) in [7, 11) is 0. The molecule has 1 aliphatic carbocycles. The highest BCUT2D eigenvalue weighted by atomic mass is 16.5. The van der Waals surface area contributed by atoms with Gasteiger partial charge < -0.3 is 20.1 Å². The molecule has 2 atom stereocenters. The second-order valence-corrected chi connectivity index (χ2v) is 9.49. The lowest BCUT2D eigenvalue weighted by Crippen LogP contribution is -2.43. The van der Waals surface area contributed by atoms with E-state index in [4.69, 9.17) is 9.84 Å². The van der Waals surface area contributed by atoms with E-state index >= 15 is 0 Å². The number of carboxylic acid groups (broad SMARTS) is 1. The molecule has 0 aromatic heterocycles. The fourth-order valence-electron chi connectivity index (χ4n) is 5.39. The number of carbonyl (C=O) groups excluding carboxylic acids is 2. The molecule has 2 aromatic carbocycles. The summed E-state index contributed by atoms with van der Waals surface area (Å²) in [5.74, 6) is -1.02. The van der Waals surface area contributed by atoms with Crippen LogP contribution in [0, 0.1) is 0 Å². The number of carbonyl (C=O) groups is 3. The Morgan fingerprint density at radius 1 is 1.09 bits per heavy atom. The molecule has 7 heteroatoms. The SMILES string of the molecule is CCCC[C@@H](CC(=O)N1CCC[C@H]1CC(=O)O)NC(=O)OCC1c2ccccc2-c2ccccc21. The zero-order valence-electron chi connectivity index (χ0n) is 20.2. The van der Waals surface area contributed by atoms with Gasteiger partial charge in [-0.05, 0) is 41.5 Å². The minimum absolute atomic E-state index is 0.0229. The fourth-order valence-corrected chi connectivity index (χ4v) is 5.39. The summed E-state index contributed by atoms with van der Waals surface area (Å²) >= 11 is 0. The van der Waals surface area contributed by atoms with Crippen molar-refractivity contribution in [1.82, 2.24) is 10.2 Å². The first kappa shape index (κ1) is 24.8. The number of ether oxygens (including phenoxy) is 1. The van der Waals surface area contributed by atoms with Crippen LogP contribution in [0.5, 0.6) is 0 Å². The summed E-state index contributed by atoms with van der Waals surface area (Å²) in [4.78, 5) is 38.6. The maximum atomic E-state index is 13.0. The molecule has 2 amide bonds. The van der Waals surface area contributed by atoms with Crippen LogP contribution >= 0.6 is 0 Å². The summed E-state index contributed by atoms with van der Waals surface area (Å²) in [5, 5.41) is 12.1. The number of carboxylic acids is 1. The van der Waals surface area contributed by atoms with Crippen molar-refractivity contribution in [3.8, 4) is 11.1 Å². The van der Waals surface area contributed by atoms with Crippen LogP contribution in [0.1, 0.15) is 68.9 Å². The highest BCUT2D eigenvalue weighted by Gasteiger charge is 2.32. The van der Waals surface area contributed by atoms with Crippen LogP contribution in [-0.4, -0.2) is 53.2 Å². The van der Waals surface area contributed by atoms with Crippen molar-refractivity contribution in [1.29, 1.82) is 0 Å². The third kappa shape index (κ3) is 5.84. The van der Waals surface area contributed by atoms with Crippen molar-refractivity contribution in [3.63, 3.8) is 0 Å². The summed E-state index contributed by atoms with van der Waals surface area (Å²) in [6, 6.07) is 15.8. The Balaban J connectivity index is 1.37. The highest BCUT2D eigenvalue weighted by Crippen LogP contribution is 2.44. The number of benzene rings is 2. The first-order valence-electron chi connectivity index (χ1n) is 12.6. The van der Waals surface area contributed by atoms with Gasteiger partial charge >= 0.3 is 12.1 Å². The number of nitrogens with zero attached hydrogens (tertiary/aromatic N) is 1. The first-order valence-corrected chi connectivity index (χ1v) is 12.6. The number of aliphatic carboxylic acids is 1. The molecule has 0 radical (unpaired) electrons. The molecular formula is C28H34N2O5. The average Bonchev–Trinajstić information content (AvgIpc) is 3.43. The summed E-state index contributed by atoms with van der Waals surface area (Å²) in [6.45, 7) is 2.86. The van der Waals surface area contributed by atoms with E-state index < -0.39 is 12.1 Å². The third-order valence-electron chi connectivity index (χ3n) is 7.10. The van der Waals surface area contributed by atoms with E-state index in [-0.39, 0.29) is 43.4 Å². The van der Waals surface area contributed by atoms with Crippen molar-refractivity contribution in [2.45, 2.75) is 69.9 Å². The smallest absolute Gasteiger partial charge is 0.407 e. The van der Waals surface area contributed by atoms with Crippen molar-refractivity contribution in [2.75, 3.05) is 13.2 Å². The molecule has 2 N–H and O–H groups in total. The maximum absolute atomic E-state index is 13.0. The lowest BCUT2D eigenvalue weighted by atomic mass is 9.98. The Labute approximate surface area is 206 Å². The number of alkyl carbamates (subject to hydrolysis) is 1. The van der Waals surface area contributed by atoms with Gasteiger partial charge in [-0.1, -0.05) is 68.3 Å². The standard InChI is InChI=1S/C28H34N2O5/c1-2-3-9-19(16-26(31)30-15-8-10-20(30)17-27(32)33)29-28(34)35-18-25-23-13-6-4-11-21(23)22-12-5-7-14-24(22)25/h4-7,11-14,19-20,25H,2-3,8-10,15-18H2,1H3,(H,29,34)(H,32,33)/t19-,20-/m0/s1. The van der Waals surface area contributed by atoms with Gasteiger partial charge in [0.15, 0.2) is 0 Å². The van der Waals surface area contributed by atoms with Gasteiger partial charge in [0.25, 0.3) is 0 Å². The van der Waals surface area contributed by atoms with Crippen LogP contribution in [0.15, 0.2) is 48.5 Å². The Hall–Kier alpha value is -3.35. The third-order valence-corrected chi connectivity index (χ3v) is 7.10. The molecule has 7 nitrogen and oxygen atoms in total. The number of hydrogen-bond acceptors (Lipinski definition) is 4. The van der Waals surface area contributed by atoms with Crippen LogP contribution < -0.4 is 5.32 Å². The van der Waals surface area contributed by atoms with Crippen LogP contribution in [0.2, 0.25) is 0 Å². The molecule has 0 spiro atoms. The quantitative estimate of drug-likeness (QED) is 0.504. The van der Waals surface area contributed by atoms with Gasteiger partial charge in [0.05, 0.1) is 6.42 Å². The van der Waals surface area contributed by atoms with E-state index in [1.807, 2.05) is 24.3 Å². The first-order chi connectivity index (χ1) is 17.0. The van der Waals surface area contributed by atoms with Crippen LogP contribution in [-0.2, 0) is 14.3 Å². The van der Waals surface area contributed by atoms with Crippen molar-refractivity contribution in [3.05, 3.63) is 59.7 Å². The van der Waals surface area contributed by atoms with Gasteiger partial charge in [-0.25, -0.2) is 4.79 Å². The molecule has 2 aromatic rings. The molecule has 4 rings (SSSR count). The Kier molecular flexibility index (Phi) is 8.06. The molecule has 0 saturated carbocycles. The number of nitrogens with one attached hydrogen (secondary N) is 1. The van der Waals surface area contributed by atoms with E-state index in [9.17, 15) is 14.4 Å². The monoisotopic (exact) mass is 478 g/mol. The van der Waals surface area contributed by atoms with Crippen LogP contribution in [0.4, 0.5) is 4.79 Å². The van der Waals surface area contributed by atoms with Crippen LogP contribution in [0.3, 0.4) is 0 Å². The molecule has 2 aliphatic rings. The van der Waals surface area contributed by atoms with Gasteiger partial charge in [0.1, 0.15) is 6.61 Å². The van der Waals surface area contributed by atoms with Crippen molar-refractivity contribution < 1.29 is 24.2 Å². The number of fused-ring (bicyclic) bond motifs is 3. The normalized spacial score (nSPS) is 17.5. The van der Waals surface area contributed by atoms with Gasteiger partial charge in [-0.15, -0.1) is 0 Å². The van der Waals surface area contributed by atoms with Gasteiger partial charge in [0, 0.05) is 31.0 Å². The maximum Gasteiger partial charge on any atom is 0.407 e. The molecular weight excluding hydrogens is 444 g/mol. The van der Waals surface area contributed by atoms with E-state index in [0.29, 0.717) is 19.4 Å². The number of likely N-dealkylation sites (tertiary alicyclic amines) is 1. The van der Waals surface area contributed by atoms with Gasteiger partial charge in [0.2, 0.25) is 5.91 Å². The average molecular weight is 479 g/mol. The molecule has 35 heavy (non-hydrogen) atoms. The highest BCUT2D eigenvalue weighted by molar-refractivity contribution is 5.80. The Bertz CT molecular complexity index is 1020. The second kappa shape index (κ2) is 11.4. The zero-order valence-corrected chi connectivity index (χ0v) is 20.2. The summed E-state index contributed by atoms with van der Waals surface area (Å²) in [5.41, 5.74) is 4.64.